The summed E-state index contributed by atoms with van der Waals surface area (Å²) in [4.78, 5) is 31.1. The second kappa shape index (κ2) is 8.11. The van der Waals surface area contributed by atoms with Gasteiger partial charge in [-0.05, 0) is 56.2 Å². The van der Waals surface area contributed by atoms with Crippen LogP contribution in [0.3, 0.4) is 0 Å². The Bertz CT molecular complexity index is 1180. The molecule has 1 aromatic carbocycles. The molecule has 1 amide bonds. The number of fused-ring (bicyclic) bond motifs is 3. The van der Waals surface area contributed by atoms with Gasteiger partial charge in [-0.15, -0.1) is 0 Å². The zero-order valence-corrected chi connectivity index (χ0v) is 18.3. The molecule has 0 unspecified atom stereocenters. The van der Waals surface area contributed by atoms with Crippen molar-refractivity contribution in [3.05, 3.63) is 39.8 Å². The van der Waals surface area contributed by atoms with E-state index in [-0.39, 0.29) is 11.5 Å². The van der Waals surface area contributed by atoms with Gasteiger partial charge in [0, 0.05) is 37.8 Å². The van der Waals surface area contributed by atoms with Gasteiger partial charge in [0.1, 0.15) is 0 Å². The average Bonchev–Trinajstić information content (AvgIpc) is 3.44. The van der Waals surface area contributed by atoms with Crippen LogP contribution in [0.4, 0.5) is 0 Å². The van der Waals surface area contributed by atoms with Gasteiger partial charge in [0.05, 0.1) is 28.7 Å². The van der Waals surface area contributed by atoms with Crippen LogP contribution in [0.1, 0.15) is 60.5 Å². The molecule has 1 saturated heterocycles. The van der Waals surface area contributed by atoms with Crippen molar-refractivity contribution in [3.63, 3.8) is 0 Å². The predicted molar refractivity (Wildman–Crippen MR) is 121 cm³/mol. The number of hydrogen-bond acceptors (Lipinski definition) is 4. The van der Waals surface area contributed by atoms with Crippen LogP contribution >= 0.6 is 0 Å². The van der Waals surface area contributed by atoms with E-state index in [1.165, 1.54) is 12.8 Å². The van der Waals surface area contributed by atoms with E-state index in [0.29, 0.717) is 22.9 Å². The van der Waals surface area contributed by atoms with Crippen molar-refractivity contribution >= 4 is 27.7 Å². The maximum absolute atomic E-state index is 13.4. The van der Waals surface area contributed by atoms with Gasteiger partial charge in [-0.25, -0.2) is 0 Å². The number of carbonyl (C=O) groups is 1. The monoisotopic (exact) mass is 422 g/mol. The molecular formula is C24H30N4O3. The lowest BCUT2D eigenvalue weighted by Crippen LogP contribution is -2.39. The van der Waals surface area contributed by atoms with Gasteiger partial charge in [0.2, 0.25) is 0 Å². The Morgan fingerprint density at radius 2 is 1.90 bits per heavy atom. The van der Waals surface area contributed by atoms with Gasteiger partial charge < -0.3 is 14.6 Å². The maximum atomic E-state index is 13.4. The van der Waals surface area contributed by atoms with Crippen LogP contribution in [0, 0.1) is 12.8 Å². The van der Waals surface area contributed by atoms with Gasteiger partial charge >= 0.3 is 0 Å². The Balaban J connectivity index is 1.57. The van der Waals surface area contributed by atoms with E-state index in [4.69, 9.17) is 4.74 Å². The van der Waals surface area contributed by atoms with Crippen molar-refractivity contribution in [2.45, 2.75) is 51.5 Å². The molecule has 2 fully saturated rings. The smallest absolute Gasteiger partial charge is 0.259 e. The highest BCUT2D eigenvalue weighted by Crippen LogP contribution is 2.34. The molecule has 1 aliphatic carbocycles. The number of aryl methyl sites for hydroxylation is 1. The van der Waals surface area contributed by atoms with E-state index in [2.05, 4.69) is 10.1 Å². The van der Waals surface area contributed by atoms with Crippen LogP contribution in [0.2, 0.25) is 0 Å². The van der Waals surface area contributed by atoms with E-state index >= 15 is 0 Å². The number of benzene rings is 1. The van der Waals surface area contributed by atoms with Crippen molar-refractivity contribution < 1.29 is 9.53 Å². The molecule has 3 aromatic rings. The molecule has 7 heteroatoms. The first-order chi connectivity index (χ1) is 15.1. The molecule has 1 N–H and O–H groups in total. The number of aromatic nitrogens is 3. The summed E-state index contributed by atoms with van der Waals surface area (Å²) in [5, 5.41) is 6.09. The van der Waals surface area contributed by atoms with E-state index in [1.807, 2.05) is 28.6 Å². The lowest BCUT2D eigenvalue weighted by molar-refractivity contribution is 0.0613. The summed E-state index contributed by atoms with van der Waals surface area (Å²) in [6, 6.07) is 4.23. The third-order valence-corrected chi connectivity index (χ3v) is 7.11. The Kier molecular flexibility index (Phi) is 5.30. The molecule has 2 aliphatic rings. The van der Waals surface area contributed by atoms with Gasteiger partial charge in [-0.1, -0.05) is 12.8 Å². The number of nitrogens with one attached hydrogen (secondary N) is 1. The Labute approximate surface area is 181 Å². The van der Waals surface area contributed by atoms with Crippen LogP contribution in [0.15, 0.2) is 23.1 Å². The molecule has 0 bridgehead atoms. The van der Waals surface area contributed by atoms with E-state index in [9.17, 15) is 9.59 Å². The standard InChI is InChI=1S/C24H30N4O3/c1-15-11-21-19(12-18(15)24(30)27-9-7-16(8-10-27)14-31-2)22-20(23(29)26-21)13-25-28(22)17-5-3-4-6-17/h11-13,16-17H,3-10,14H2,1-2H3,(H,26,29). The molecule has 3 heterocycles. The van der Waals surface area contributed by atoms with Crippen LogP contribution < -0.4 is 5.56 Å². The summed E-state index contributed by atoms with van der Waals surface area (Å²) in [7, 11) is 1.73. The zero-order chi connectivity index (χ0) is 21.5. The fraction of sp³-hybridized carbons (Fsp3) is 0.542. The third-order valence-electron chi connectivity index (χ3n) is 7.11. The number of methoxy groups -OCH3 is 1. The van der Waals surface area contributed by atoms with Crippen LogP contribution in [-0.4, -0.2) is 52.4 Å². The van der Waals surface area contributed by atoms with Crippen molar-refractivity contribution in [2.75, 3.05) is 26.8 Å². The first kappa shape index (κ1) is 20.2. The second-order valence-corrected chi connectivity index (χ2v) is 9.15. The number of aromatic amines is 1. The Morgan fingerprint density at radius 1 is 1.16 bits per heavy atom. The number of rotatable bonds is 4. The molecule has 0 radical (unpaired) electrons. The predicted octanol–water partition coefficient (Wildman–Crippen LogP) is 3.80. The highest BCUT2D eigenvalue weighted by atomic mass is 16.5. The number of likely N-dealkylation sites (tertiary alicyclic amines) is 1. The van der Waals surface area contributed by atoms with Crippen molar-refractivity contribution in [1.29, 1.82) is 0 Å². The normalized spacial score (nSPS) is 18.5. The SMILES string of the molecule is COCC1CCN(C(=O)c2cc3c(cc2C)[nH]c(=O)c2cnn(C4CCCC4)c23)CC1. The van der Waals surface area contributed by atoms with E-state index < -0.39 is 0 Å². The van der Waals surface area contributed by atoms with Crippen LogP contribution in [0.5, 0.6) is 0 Å². The summed E-state index contributed by atoms with van der Waals surface area (Å²) in [5.74, 6) is 0.596. The van der Waals surface area contributed by atoms with Crippen molar-refractivity contribution in [2.24, 2.45) is 5.92 Å². The number of amides is 1. The summed E-state index contributed by atoms with van der Waals surface area (Å²) in [6.45, 7) is 4.21. The minimum absolute atomic E-state index is 0.0709. The molecule has 2 aromatic heterocycles. The number of ether oxygens (including phenoxy) is 1. The number of H-pyrrole nitrogens is 1. The molecule has 1 saturated carbocycles. The summed E-state index contributed by atoms with van der Waals surface area (Å²) in [6.07, 6.45) is 8.16. The molecule has 164 valence electrons. The average molecular weight is 423 g/mol. The summed E-state index contributed by atoms with van der Waals surface area (Å²) >= 11 is 0. The Morgan fingerprint density at radius 3 is 2.61 bits per heavy atom. The molecular weight excluding hydrogens is 392 g/mol. The summed E-state index contributed by atoms with van der Waals surface area (Å²) in [5.41, 5.74) is 3.11. The minimum Gasteiger partial charge on any atom is -0.384 e. The first-order valence-electron chi connectivity index (χ1n) is 11.4. The fourth-order valence-electron chi connectivity index (χ4n) is 5.36. The summed E-state index contributed by atoms with van der Waals surface area (Å²) < 4.78 is 7.31. The molecule has 0 atom stereocenters. The van der Waals surface area contributed by atoms with Crippen LogP contribution in [-0.2, 0) is 4.74 Å². The molecule has 7 nitrogen and oxygen atoms in total. The zero-order valence-electron chi connectivity index (χ0n) is 18.3. The molecule has 0 spiro atoms. The van der Waals surface area contributed by atoms with Crippen molar-refractivity contribution in [3.8, 4) is 0 Å². The number of piperidine rings is 1. The lowest BCUT2D eigenvalue weighted by Gasteiger charge is -2.32. The van der Waals surface area contributed by atoms with Gasteiger partial charge in [0.25, 0.3) is 11.5 Å². The maximum Gasteiger partial charge on any atom is 0.259 e. The van der Waals surface area contributed by atoms with Crippen LogP contribution in [0.25, 0.3) is 21.8 Å². The fourth-order valence-corrected chi connectivity index (χ4v) is 5.36. The topological polar surface area (TPSA) is 80.2 Å². The van der Waals surface area contributed by atoms with E-state index in [1.54, 1.807) is 13.3 Å². The number of nitrogens with zero attached hydrogens (tertiary/aromatic N) is 3. The number of pyridine rings is 1. The lowest BCUT2D eigenvalue weighted by atomic mass is 9.96. The second-order valence-electron chi connectivity index (χ2n) is 9.15. The van der Waals surface area contributed by atoms with E-state index in [0.717, 1.165) is 67.4 Å². The number of carbonyl (C=O) groups excluding carboxylic acids is 1. The largest absolute Gasteiger partial charge is 0.384 e. The number of hydrogen-bond donors (Lipinski definition) is 1. The van der Waals surface area contributed by atoms with Gasteiger partial charge in [0.15, 0.2) is 0 Å². The highest BCUT2D eigenvalue weighted by Gasteiger charge is 2.26. The van der Waals surface area contributed by atoms with Gasteiger partial charge in [-0.2, -0.15) is 5.10 Å². The van der Waals surface area contributed by atoms with Gasteiger partial charge in [-0.3, -0.25) is 14.3 Å². The Hall–Kier alpha value is -2.67. The first-order valence-corrected chi connectivity index (χ1v) is 11.4. The molecule has 31 heavy (non-hydrogen) atoms. The third kappa shape index (κ3) is 3.55. The quantitative estimate of drug-likeness (QED) is 0.694. The molecule has 5 rings (SSSR count). The van der Waals surface area contributed by atoms with Crippen molar-refractivity contribution in [1.82, 2.24) is 19.7 Å². The molecule has 1 aliphatic heterocycles. The highest BCUT2D eigenvalue weighted by molar-refractivity contribution is 6.07. The minimum atomic E-state index is -0.120.